The second-order valence-electron chi connectivity index (χ2n) is 4.18. The van der Waals surface area contributed by atoms with Gasteiger partial charge in [-0.3, -0.25) is 0 Å². The number of thiophene rings is 1. The van der Waals surface area contributed by atoms with E-state index in [0.717, 1.165) is 10.2 Å². The van der Waals surface area contributed by atoms with E-state index in [9.17, 15) is 8.42 Å². The molecular weight excluding hydrogens is 362 g/mol. The molecule has 1 heterocycles. The molecule has 0 saturated heterocycles. The van der Waals surface area contributed by atoms with Gasteiger partial charge in [0.1, 0.15) is 0 Å². The predicted octanol–water partition coefficient (Wildman–Crippen LogP) is 2.39. The van der Waals surface area contributed by atoms with Gasteiger partial charge in [0.05, 0.1) is 20.1 Å². The number of nitrogens with two attached hydrogens (primary N) is 2. The van der Waals surface area contributed by atoms with Crippen molar-refractivity contribution in [2.45, 2.75) is 11.3 Å². The van der Waals surface area contributed by atoms with E-state index >= 15 is 0 Å². The van der Waals surface area contributed by atoms with E-state index in [0.29, 0.717) is 17.9 Å². The van der Waals surface area contributed by atoms with E-state index in [1.165, 1.54) is 17.0 Å². The van der Waals surface area contributed by atoms with Crippen LogP contribution in [0.2, 0.25) is 0 Å². The molecule has 0 aliphatic rings. The van der Waals surface area contributed by atoms with Crippen LogP contribution in [0.4, 0.5) is 11.4 Å². The Bertz CT molecular complexity index is 713. The maximum Gasteiger partial charge on any atom is 0.238 e. The van der Waals surface area contributed by atoms with Gasteiger partial charge < -0.3 is 11.1 Å². The van der Waals surface area contributed by atoms with Crippen LogP contribution in [0.25, 0.3) is 0 Å². The zero-order valence-corrected chi connectivity index (χ0v) is 13.7. The van der Waals surface area contributed by atoms with Crippen LogP contribution in [-0.2, 0) is 16.4 Å². The van der Waals surface area contributed by atoms with E-state index in [2.05, 4.69) is 27.3 Å². The summed E-state index contributed by atoms with van der Waals surface area (Å²) in [5.74, 6) is 0. The van der Waals surface area contributed by atoms with Crippen molar-refractivity contribution < 1.29 is 8.42 Å². The first kappa shape index (κ1) is 15.3. The molecule has 0 radical (unpaired) electrons. The average molecular weight is 376 g/mol. The lowest BCUT2D eigenvalue weighted by Crippen LogP contribution is -2.13. The Labute approximate surface area is 130 Å². The second-order valence-corrected chi connectivity index (χ2v) is 8.29. The number of anilines is 2. The maximum atomic E-state index is 11.2. The standard InChI is InChI=1S/C12H14BrN3O2S2/c13-12-4-1-8(19-12)5-6-16-11-3-2-9(7-10(11)14)20(15,17)18/h1-4,7,16H,5-6,14H2,(H2,15,17,18). The number of hydrogen-bond acceptors (Lipinski definition) is 5. The lowest BCUT2D eigenvalue weighted by atomic mass is 10.2. The molecule has 0 unspecified atom stereocenters. The van der Waals surface area contributed by atoms with Crippen LogP contribution in [0, 0.1) is 0 Å². The van der Waals surface area contributed by atoms with Crippen molar-refractivity contribution >= 4 is 48.7 Å². The molecular formula is C12H14BrN3O2S2. The number of benzene rings is 1. The van der Waals surface area contributed by atoms with Gasteiger partial charge in [0.25, 0.3) is 0 Å². The topological polar surface area (TPSA) is 98.2 Å². The fourth-order valence-corrected chi connectivity index (χ4v) is 3.72. The highest BCUT2D eigenvalue weighted by Crippen LogP contribution is 2.24. The van der Waals surface area contributed by atoms with Crippen molar-refractivity contribution in [3.05, 3.63) is 39.0 Å². The lowest BCUT2D eigenvalue weighted by Gasteiger charge is -2.09. The van der Waals surface area contributed by atoms with Gasteiger partial charge in [-0.2, -0.15) is 0 Å². The molecule has 1 aromatic carbocycles. The normalized spacial score (nSPS) is 11.5. The summed E-state index contributed by atoms with van der Waals surface area (Å²) in [5, 5.41) is 8.23. The van der Waals surface area contributed by atoms with Gasteiger partial charge in [0, 0.05) is 11.4 Å². The molecule has 0 fully saturated rings. The molecule has 108 valence electrons. The molecule has 0 amide bonds. The smallest absolute Gasteiger partial charge is 0.238 e. The summed E-state index contributed by atoms with van der Waals surface area (Å²) in [5.41, 5.74) is 6.88. The summed E-state index contributed by atoms with van der Waals surface area (Å²) < 4.78 is 23.5. The van der Waals surface area contributed by atoms with Gasteiger partial charge in [0.15, 0.2) is 0 Å². The fraction of sp³-hybridized carbons (Fsp3) is 0.167. The third-order valence-electron chi connectivity index (χ3n) is 2.67. The highest BCUT2D eigenvalue weighted by Gasteiger charge is 2.09. The van der Waals surface area contributed by atoms with Crippen LogP contribution in [0.5, 0.6) is 0 Å². The van der Waals surface area contributed by atoms with Crippen molar-refractivity contribution in [3.8, 4) is 0 Å². The summed E-state index contributed by atoms with van der Waals surface area (Å²) in [7, 11) is -3.71. The van der Waals surface area contributed by atoms with Crippen LogP contribution < -0.4 is 16.2 Å². The third kappa shape index (κ3) is 3.95. The molecule has 0 saturated carbocycles. The molecule has 8 heteroatoms. The Kier molecular flexibility index (Phi) is 4.69. The molecule has 0 aliphatic heterocycles. The molecule has 0 bridgehead atoms. The summed E-state index contributed by atoms with van der Waals surface area (Å²) in [4.78, 5) is 1.27. The molecule has 2 rings (SSSR count). The van der Waals surface area contributed by atoms with Gasteiger partial charge in [-0.1, -0.05) is 0 Å². The van der Waals surface area contributed by atoms with E-state index < -0.39 is 10.0 Å². The van der Waals surface area contributed by atoms with Crippen LogP contribution >= 0.6 is 27.3 Å². The predicted molar refractivity (Wildman–Crippen MR) is 86.4 cm³/mol. The van der Waals surface area contributed by atoms with Gasteiger partial charge in [-0.15, -0.1) is 11.3 Å². The Morgan fingerprint density at radius 2 is 2.00 bits per heavy atom. The average Bonchev–Trinajstić information content (AvgIpc) is 2.76. The van der Waals surface area contributed by atoms with Gasteiger partial charge >= 0.3 is 0 Å². The number of halogens is 1. The van der Waals surface area contributed by atoms with Crippen LogP contribution in [0.1, 0.15) is 4.88 Å². The first-order valence-corrected chi connectivity index (χ1v) is 8.92. The largest absolute Gasteiger partial charge is 0.397 e. The summed E-state index contributed by atoms with van der Waals surface area (Å²) in [6.45, 7) is 0.714. The maximum absolute atomic E-state index is 11.2. The number of primary sulfonamides is 1. The van der Waals surface area contributed by atoms with Crippen molar-refractivity contribution in [2.24, 2.45) is 5.14 Å². The number of nitrogens with one attached hydrogen (secondary N) is 1. The zero-order valence-electron chi connectivity index (χ0n) is 10.5. The first-order valence-electron chi connectivity index (χ1n) is 5.76. The molecule has 0 spiro atoms. The van der Waals surface area contributed by atoms with E-state index in [-0.39, 0.29) is 4.90 Å². The molecule has 1 aromatic heterocycles. The van der Waals surface area contributed by atoms with Crippen LogP contribution in [-0.4, -0.2) is 15.0 Å². The third-order valence-corrected chi connectivity index (χ3v) is 5.26. The Balaban J connectivity index is 2.00. The van der Waals surface area contributed by atoms with Crippen molar-refractivity contribution in [1.29, 1.82) is 0 Å². The zero-order chi connectivity index (χ0) is 14.8. The quantitative estimate of drug-likeness (QED) is 0.698. The first-order chi connectivity index (χ1) is 9.36. The molecule has 2 aromatic rings. The molecule has 5 N–H and O–H groups in total. The summed E-state index contributed by atoms with van der Waals surface area (Å²) in [6, 6.07) is 8.49. The minimum Gasteiger partial charge on any atom is -0.397 e. The number of nitrogen functional groups attached to an aromatic ring is 1. The molecule has 5 nitrogen and oxygen atoms in total. The number of hydrogen-bond donors (Lipinski definition) is 3. The Hall–Kier alpha value is -1.09. The Morgan fingerprint density at radius 1 is 1.25 bits per heavy atom. The van der Waals surface area contributed by atoms with Crippen LogP contribution in [0.3, 0.4) is 0 Å². The SMILES string of the molecule is Nc1cc(S(N)(=O)=O)ccc1NCCc1ccc(Br)s1. The van der Waals surface area contributed by atoms with Crippen LogP contribution in [0.15, 0.2) is 39.0 Å². The minimum absolute atomic E-state index is 0.0164. The Morgan fingerprint density at radius 3 is 2.55 bits per heavy atom. The summed E-state index contributed by atoms with van der Waals surface area (Å²) in [6.07, 6.45) is 0.868. The van der Waals surface area contributed by atoms with Crippen molar-refractivity contribution in [1.82, 2.24) is 0 Å². The highest BCUT2D eigenvalue weighted by atomic mass is 79.9. The van der Waals surface area contributed by atoms with Crippen molar-refractivity contribution in [2.75, 3.05) is 17.6 Å². The van der Waals surface area contributed by atoms with Gasteiger partial charge in [0.2, 0.25) is 10.0 Å². The lowest BCUT2D eigenvalue weighted by molar-refractivity contribution is 0.598. The molecule has 0 atom stereocenters. The monoisotopic (exact) mass is 375 g/mol. The summed E-state index contributed by atoms with van der Waals surface area (Å²) >= 11 is 5.10. The van der Waals surface area contributed by atoms with E-state index in [4.69, 9.17) is 10.9 Å². The molecule has 0 aliphatic carbocycles. The minimum atomic E-state index is -3.71. The van der Waals surface area contributed by atoms with E-state index in [1.807, 2.05) is 6.07 Å². The highest BCUT2D eigenvalue weighted by molar-refractivity contribution is 9.11. The number of sulfonamides is 1. The van der Waals surface area contributed by atoms with E-state index in [1.54, 1.807) is 17.4 Å². The van der Waals surface area contributed by atoms with Gasteiger partial charge in [-0.25, -0.2) is 13.6 Å². The second kappa shape index (κ2) is 6.13. The molecule has 20 heavy (non-hydrogen) atoms. The number of rotatable bonds is 5. The van der Waals surface area contributed by atoms with Gasteiger partial charge in [-0.05, 0) is 52.7 Å². The fourth-order valence-electron chi connectivity index (χ4n) is 1.69. The van der Waals surface area contributed by atoms with Crippen molar-refractivity contribution in [3.63, 3.8) is 0 Å².